The number of hydrogen-bond acceptors (Lipinski definition) is 10. The fraction of sp³-hybridized carbons (Fsp3) is 0.333. The molecule has 1 atom stereocenters. The first-order valence-electron chi connectivity index (χ1n) is 17.8. The van der Waals surface area contributed by atoms with Crippen LogP contribution in [0.4, 0.5) is 4.79 Å². The number of benzene rings is 1. The van der Waals surface area contributed by atoms with Crippen LogP contribution in [0.15, 0.2) is 61.1 Å². The Morgan fingerprint density at radius 3 is 2.56 bits per heavy atom. The summed E-state index contributed by atoms with van der Waals surface area (Å²) in [5.41, 5.74) is 6.00. The van der Waals surface area contributed by atoms with E-state index in [9.17, 15) is 14.4 Å². The average molecular weight is 786 g/mol. The first kappa shape index (κ1) is 36.5. The van der Waals surface area contributed by atoms with Crippen LogP contribution in [0.2, 0.25) is 10.0 Å². The third-order valence-electron chi connectivity index (χ3n) is 10.3. The molecule has 3 saturated heterocycles. The van der Waals surface area contributed by atoms with E-state index in [0.717, 1.165) is 30.9 Å². The maximum absolute atomic E-state index is 12.3. The zero-order chi connectivity index (χ0) is 38.3. The number of amides is 3. The van der Waals surface area contributed by atoms with Crippen molar-refractivity contribution in [1.29, 1.82) is 0 Å². The molecule has 3 aliphatic rings. The number of likely N-dealkylation sites (tertiary alicyclic amines) is 1. The molecule has 1 spiro atoms. The highest BCUT2D eigenvalue weighted by Gasteiger charge is 2.48. The zero-order valence-electron chi connectivity index (χ0n) is 30.2. The van der Waals surface area contributed by atoms with Crippen LogP contribution in [-0.4, -0.2) is 88.6 Å². The van der Waals surface area contributed by atoms with Gasteiger partial charge in [-0.25, -0.2) is 14.8 Å². The summed E-state index contributed by atoms with van der Waals surface area (Å²) >= 11 is 14.2. The van der Waals surface area contributed by atoms with Gasteiger partial charge in [0.05, 0.1) is 46.9 Å². The van der Waals surface area contributed by atoms with Crippen LogP contribution >= 0.6 is 23.2 Å². The van der Waals surface area contributed by atoms with Gasteiger partial charge < -0.3 is 34.6 Å². The van der Waals surface area contributed by atoms with Crippen LogP contribution in [0.3, 0.4) is 0 Å². The van der Waals surface area contributed by atoms with Gasteiger partial charge in [0, 0.05) is 97.9 Å². The van der Waals surface area contributed by atoms with Gasteiger partial charge in [-0.15, -0.1) is 0 Å². The molecule has 3 aliphatic heterocycles. The smallest absolute Gasteiger partial charge is 0.407 e. The van der Waals surface area contributed by atoms with Crippen molar-refractivity contribution in [3.05, 3.63) is 82.4 Å². The molecule has 0 radical (unpaired) electrons. The van der Waals surface area contributed by atoms with E-state index in [0.29, 0.717) is 80.9 Å². The van der Waals surface area contributed by atoms with Crippen molar-refractivity contribution in [3.63, 3.8) is 0 Å². The van der Waals surface area contributed by atoms with Crippen molar-refractivity contribution in [2.75, 3.05) is 40.4 Å². The predicted molar refractivity (Wildman–Crippen MR) is 205 cm³/mol. The van der Waals surface area contributed by atoms with Crippen molar-refractivity contribution >= 4 is 46.8 Å². The summed E-state index contributed by atoms with van der Waals surface area (Å²) in [7, 11) is 3.10. The Kier molecular flexibility index (Phi) is 9.97. The van der Waals surface area contributed by atoms with Crippen LogP contribution in [0.5, 0.6) is 11.6 Å². The highest BCUT2D eigenvalue weighted by atomic mass is 35.5. The van der Waals surface area contributed by atoms with Gasteiger partial charge >= 0.3 is 6.09 Å². The van der Waals surface area contributed by atoms with Crippen LogP contribution in [0, 0.1) is 5.41 Å². The number of alkyl carbamates (subject to hydrolysis) is 1. The van der Waals surface area contributed by atoms with E-state index < -0.39 is 6.09 Å². The van der Waals surface area contributed by atoms with Gasteiger partial charge in [0.15, 0.2) is 11.4 Å². The monoisotopic (exact) mass is 784 g/mol. The number of carbonyl (C=O) groups is 3. The largest absolute Gasteiger partial charge is 0.493 e. The maximum atomic E-state index is 12.3. The Labute approximate surface area is 326 Å². The second kappa shape index (κ2) is 15.0. The molecule has 0 bridgehead atoms. The lowest BCUT2D eigenvalue weighted by molar-refractivity contribution is -0.121. The Bertz CT molecular complexity index is 2330. The SMILES string of the molecule is COc1nc(-c2cccc(-c3ccnc(-c4cc(OC)c5nc(CN6CC7(CNC(=O)C7)C6)cn5c4)c3Cl)c2Cl)ccc1COC(=O)NC[C@@H]1CCC(=O)N1. The molecule has 16 heteroatoms. The quantitative estimate of drug-likeness (QED) is 0.161. The molecule has 3 N–H and O–H groups in total. The summed E-state index contributed by atoms with van der Waals surface area (Å²) in [6.07, 6.45) is 6.69. The van der Waals surface area contributed by atoms with E-state index in [-0.39, 0.29) is 42.3 Å². The van der Waals surface area contributed by atoms with E-state index in [1.807, 2.05) is 47.1 Å². The van der Waals surface area contributed by atoms with Crippen LogP contribution in [0.1, 0.15) is 30.5 Å². The normalized spacial score (nSPS) is 17.6. The van der Waals surface area contributed by atoms with Crippen molar-refractivity contribution in [3.8, 4) is 45.3 Å². The summed E-state index contributed by atoms with van der Waals surface area (Å²) in [6, 6.07) is 12.7. The zero-order valence-corrected chi connectivity index (χ0v) is 31.7. The minimum Gasteiger partial charge on any atom is -0.493 e. The number of methoxy groups -OCH3 is 2. The molecule has 0 saturated carbocycles. The number of imidazole rings is 1. The number of carbonyl (C=O) groups excluding carboxylic acids is 3. The molecular weight excluding hydrogens is 747 g/mol. The Balaban J connectivity index is 1.00. The lowest BCUT2D eigenvalue weighted by atomic mass is 9.79. The summed E-state index contributed by atoms with van der Waals surface area (Å²) in [4.78, 5) is 52.0. The number of aromatic nitrogens is 4. The predicted octanol–water partition coefficient (Wildman–Crippen LogP) is 5.28. The third-order valence-corrected chi connectivity index (χ3v) is 11.1. The summed E-state index contributed by atoms with van der Waals surface area (Å²) < 4.78 is 18.6. The standard InChI is InChI=1S/C39H38Cl2N8O6/c1-53-30-12-23(15-49-17-25(46-36(30)49)16-48-20-39(21-48)13-32(51)44-19-39)35-34(41)27(10-11-42-35)26-4-3-5-28(33(26)40)29-8-6-22(37(47-29)54-2)18-55-38(52)43-14-24-7-9-31(50)45-24/h3-6,8,10-12,15,17,24H,7,9,13-14,16,18-21H2,1-2H3,(H,43,52)(H,44,51)(H,45,50)/t24-/m0/s1. The average Bonchev–Trinajstić information content (AvgIpc) is 3.90. The van der Waals surface area contributed by atoms with Gasteiger partial charge in [-0.2, -0.15) is 0 Å². The molecule has 1 aromatic carbocycles. The van der Waals surface area contributed by atoms with Crippen LogP contribution in [0.25, 0.3) is 39.3 Å². The van der Waals surface area contributed by atoms with Gasteiger partial charge in [-0.05, 0) is 30.7 Å². The van der Waals surface area contributed by atoms with Crippen molar-refractivity contribution in [2.45, 2.75) is 38.5 Å². The van der Waals surface area contributed by atoms with Gasteiger partial charge in [-0.3, -0.25) is 19.5 Å². The number of hydrogen-bond donors (Lipinski definition) is 3. The fourth-order valence-corrected chi connectivity index (χ4v) is 8.27. The lowest BCUT2D eigenvalue weighted by Gasteiger charge is -2.46. The van der Waals surface area contributed by atoms with Crippen LogP contribution in [-0.2, 0) is 27.5 Å². The number of nitrogens with one attached hydrogen (secondary N) is 3. The van der Waals surface area contributed by atoms with E-state index in [1.54, 1.807) is 25.4 Å². The lowest BCUT2D eigenvalue weighted by Crippen LogP contribution is -2.56. The Morgan fingerprint density at radius 1 is 1.00 bits per heavy atom. The molecule has 5 aromatic rings. The Morgan fingerprint density at radius 2 is 1.82 bits per heavy atom. The number of ether oxygens (including phenoxy) is 3. The van der Waals surface area contributed by atoms with E-state index in [4.69, 9.17) is 42.4 Å². The molecule has 3 amide bonds. The van der Waals surface area contributed by atoms with E-state index >= 15 is 0 Å². The summed E-state index contributed by atoms with van der Waals surface area (Å²) in [6.45, 7) is 3.32. The Hall–Kier alpha value is -5.44. The summed E-state index contributed by atoms with van der Waals surface area (Å²) in [5.74, 6) is 0.957. The third kappa shape index (κ3) is 7.36. The van der Waals surface area contributed by atoms with Crippen molar-refractivity contribution < 1.29 is 28.6 Å². The van der Waals surface area contributed by atoms with Gasteiger partial charge in [-0.1, -0.05) is 41.4 Å². The molecular formula is C39H38Cl2N8O6. The number of rotatable bonds is 11. The topological polar surface area (TPSA) is 161 Å². The van der Waals surface area contributed by atoms with Crippen molar-refractivity contribution in [1.82, 2.24) is 40.2 Å². The van der Waals surface area contributed by atoms with Gasteiger partial charge in [0.25, 0.3) is 0 Å². The summed E-state index contributed by atoms with van der Waals surface area (Å²) in [5, 5.41) is 9.27. The molecule has 4 aromatic heterocycles. The first-order chi connectivity index (χ1) is 26.6. The molecule has 0 aliphatic carbocycles. The fourth-order valence-electron chi connectivity index (χ4n) is 7.62. The van der Waals surface area contributed by atoms with E-state index in [2.05, 4.69) is 30.8 Å². The highest BCUT2D eigenvalue weighted by Crippen LogP contribution is 2.43. The molecule has 8 rings (SSSR count). The minimum atomic E-state index is -0.609. The van der Waals surface area contributed by atoms with Crippen LogP contribution < -0.4 is 25.4 Å². The molecule has 284 valence electrons. The molecule has 14 nitrogen and oxygen atoms in total. The molecule has 3 fully saturated rings. The van der Waals surface area contributed by atoms with Gasteiger partial charge in [0.1, 0.15) is 6.61 Å². The minimum absolute atomic E-state index is 0.0234. The molecule has 7 heterocycles. The number of pyridine rings is 3. The number of nitrogens with zero attached hydrogens (tertiary/aromatic N) is 5. The second-order valence-electron chi connectivity index (χ2n) is 14.2. The maximum Gasteiger partial charge on any atom is 0.407 e. The highest BCUT2D eigenvalue weighted by molar-refractivity contribution is 6.39. The second-order valence-corrected chi connectivity index (χ2v) is 14.9. The van der Waals surface area contributed by atoms with E-state index in [1.165, 1.54) is 7.11 Å². The van der Waals surface area contributed by atoms with Crippen molar-refractivity contribution in [2.24, 2.45) is 5.41 Å². The molecule has 55 heavy (non-hydrogen) atoms. The number of fused-ring (bicyclic) bond motifs is 1. The number of halogens is 2. The first-order valence-corrected chi connectivity index (χ1v) is 18.6. The molecule has 0 unspecified atom stereocenters. The van der Waals surface area contributed by atoms with Gasteiger partial charge in [0.2, 0.25) is 17.7 Å².